The van der Waals surface area contributed by atoms with E-state index in [1.165, 1.54) is 6.42 Å². The molecule has 0 aromatic carbocycles. The zero-order valence-corrected chi connectivity index (χ0v) is 15.1. The predicted molar refractivity (Wildman–Crippen MR) is 91.5 cm³/mol. The molecule has 1 aromatic heterocycles. The van der Waals surface area contributed by atoms with E-state index in [9.17, 15) is 13.2 Å². The van der Waals surface area contributed by atoms with Gasteiger partial charge in [0.25, 0.3) is 0 Å². The van der Waals surface area contributed by atoms with E-state index < -0.39 is 10.0 Å². The first kappa shape index (κ1) is 18.4. The van der Waals surface area contributed by atoms with E-state index in [2.05, 4.69) is 25.6 Å². The lowest BCUT2D eigenvalue weighted by Crippen LogP contribution is -2.44. The number of amides is 1. The molecule has 2 atom stereocenters. The first-order chi connectivity index (χ1) is 10.4. The number of rotatable bonds is 4. The number of fused-ring (bicyclic) bond motifs is 1. The van der Waals surface area contributed by atoms with Crippen molar-refractivity contribution in [3.8, 4) is 0 Å². The molecule has 2 aliphatic rings. The number of carbonyl (C=O) groups is 1. The lowest BCUT2D eigenvalue weighted by Gasteiger charge is -2.36. The Balaban J connectivity index is 0.00000192. The highest BCUT2D eigenvalue weighted by atomic mass is 35.5. The van der Waals surface area contributed by atoms with Gasteiger partial charge < -0.3 is 5.32 Å². The maximum Gasteiger partial charge on any atom is 0.234 e. The van der Waals surface area contributed by atoms with Crippen molar-refractivity contribution < 1.29 is 13.2 Å². The topological polar surface area (TPSA) is 113 Å². The molecule has 1 aliphatic heterocycles. The van der Waals surface area contributed by atoms with Gasteiger partial charge in [-0.15, -0.1) is 22.6 Å². The summed E-state index contributed by atoms with van der Waals surface area (Å²) in [4.78, 5) is 12.7. The Morgan fingerprint density at radius 2 is 2.09 bits per heavy atom. The Morgan fingerprint density at radius 1 is 1.35 bits per heavy atom. The summed E-state index contributed by atoms with van der Waals surface area (Å²) in [6.45, 7) is 1.57. The molecule has 130 valence electrons. The average Bonchev–Trinajstić information content (AvgIpc) is 3.04. The van der Waals surface area contributed by atoms with Crippen molar-refractivity contribution >= 4 is 49.9 Å². The van der Waals surface area contributed by atoms with Crippen LogP contribution >= 0.6 is 23.7 Å². The molecule has 1 saturated heterocycles. The number of aromatic nitrogens is 2. The van der Waals surface area contributed by atoms with Crippen LogP contribution in [0.25, 0.3) is 0 Å². The van der Waals surface area contributed by atoms with Crippen LogP contribution in [0.2, 0.25) is 0 Å². The Labute approximate surface area is 145 Å². The smallest absolute Gasteiger partial charge is 0.234 e. The molecule has 3 N–H and O–H groups in total. The lowest BCUT2D eigenvalue weighted by molar-refractivity contribution is -0.128. The molecule has 1 amide bonds. The summed E-state index contributed by atoms with van der Waals surface area (Å²) < 4.78 is 24.6. The van der Waals surface area contributed by atoms with E-state index in [1.807, 2.05) is 0 Å². The van der Waals surface area contributed by atoms with Gasteiger partial charge >= 0.3 is 0 Å². The van der Waals surface area contributed by atoms with Gasteiger partial charge in [0.05, 0.1) is 11.7 Å². The highest BCUT2D eigenvalue weighted by molar-refractivity contribution is 7.92. The van der Waals surface area contributed by atoms with Crippen molar-refractivity contribution in [2.75, 3.05) is 29.4 Å². The monoisotopic (exact) mass is 381 g/mol. The number of sulfonamides is 1. The highest BCUT2D eigenvalue weighted by Gasteiger charge is 2.50. The second-order valence-corrected chi connectivity index (χ2v) is 8.70. The van der Waals surface area contributed by atoms with Crippen molar-refractivity contribution in [3.05, 3.63) is 0 Å². The van der Waals surface area contributed by atoms with E-state index in [4.69, 9.17) is 0 Å². The fraction of sp³-hybridized carbons (Fsp3) is 0.750. The largest absolute Gasteiger partial charge is 0.315 e. The number of carbonyl (C=O) groups excluding carboxylic acids is 1. The normalized spacial score (nSPS) is 26.9. The zero-order chi connectivity index (χ0) is 15.8. The third-order valence-corrected chi connectivity index (χ3v) is 5.86. The van der Waals surface area contributed by atoms with E-state index in [1.54, 1.807) is 0 Å². The van der Waals surface area contributed by atoms with Gasteiger partial charge in [-0.25, -0.2) is 8.42 Å². The summed E-state index contributed by atoms with van der Waals surface area (Å²) in [6, 6.07) is 0. The summed E-state index contributed by atoms with van der Waals surface area (Å²) in [6.07, 6.45) is 5.22. The standard InChI is InChI=1S/C12H19N5O3S2.ClH/c1-22(19,20)17-11-16-15-10(21-11)14-9(18)12-5-3-2-4-8(12)6-13-7-12;/h8,13H,2-7H2,1H3,(H,16,17)(H,14,15,18);1H/t8-,12+;/m0./s1. The minimum Gasteiger partial charge on any atom is -0.315 e. The van der Waals surface area contributed by atoms with E-state index >= 15 is 0 Å². The highest BCUT2D eigenvalue weighted by Crippen LogP contribution is 2.44. The lowest BCUT2D eigenvalue weighted by atomic mass is 9.68. The van der Waals surface area contributed by atoms with Gasteiger partial charge in [0.2, 0.25) is 26.2 Å². The fourth-order valence-electron chi connectivity index (χ4n) is 3.39. The van der Waals surface area contributed by atoms with Crippen LogP contribution in [-0.2, 0) is 14.8 Å². The fourth-order valence-corrected chi connectivity index (χ4v) is 4.85. The maximum absolute atomic E-state index is 12.7. The molecule has 1 aliphatic carbocycles. The van der Waals surface area contributed by atoms with Gasteiger partial charge in [0.1, 0.15) is 0 Å². The number of hydrogen-bond acceptors (Lipinski definition) is 7. The average molecular weight is 382 g/mol. The number of halogens is 1. The number of hydrogen-bond donors (Lipinski definition) is 3. The Hall–Kier alpha value is -0.970. The number of nitrogens with zero attached hydrogens (tertiary/aromatic N) is 2. The van der Waals surface area contributed by atoms with Crippen molar-refractivity contribution in [3.63, 3.8) is 0 Å². The SMILES string of the molecule is CS(=O)(=O)Nc1nnc(NC(=O)[C@@]23CCCC[C@H]2CNC3)s1.Cl. The molecule has 23 heavy (non-hydrogen) atoms. The van der Waals surface area contributed by atoms with Crippen molar-refractivity contribution in [1.29, 1.82) is 0 Å². The summed E-state index contributed by atoms with van der Waals surface area (Å²) >= 11 is 1.02. The second-order valence-electron chi connectivity index (χ2n) is 5.97. The van der Waals surface area contributed by atoms with Crippen molar-refractivity contribution in [2.45, 2.75) is 25.7 Å². The Kier molecular flexibility index (Phi) is 5.49. The van der Waals surface area contributed by atoms with Gasteiger partial charge in [0.15, 0.2) is 0 Å². The summed E-state index contributed by atoms with van der Waals surface area (Å²) in [5.74, 6) is 0.326. The maximum atomic E-state index is 12.7. The van der Waals surface area contributed by atoms with Crippen molar-refractivity contribution in [2.24, 2.45) is 11.3 Å². The molecule has 0 spiro atoms. The van der Waals surface area contributed by atoms with Crippen molar-refractivity contribution in [1.82, 2.24) is 15.5 Å². The molecule has 1 aromatic rings. The second kappa shape index (κ2) is 6.88. The molecule has 0 radical (unpaired) electrons. The van der Waals surface area contributed by atoms with Crippen LogP contribution < -0.4 is 15.4 Å². The molecule has 2 heterocycles. The minimum absolute atomic E-state index is 0. The molecule has 11 heteroatoms. The van der Waals surface area contributed by atoms with Crippen LogP contribution in [0.3, 0.4) is 0 Å². The molecular weight excluding hydrogens is 362 g/mol. The molecular formula is C12H20ClN5O3S2. The third kappa shape index (κ3) is 3.93. The van der Waals surface area contributed by atoms with Crippen LogP contribution in [0.15, 0.2) is 0 Å². The third-order valence-electron chi connectivity index (χ3n) is 4.41. The van der Waals surface area contributed by atoms with Crippen LogP contribution in [0.5, 0.6) is 0 Å². The van der Waals surface area contributed by atoms with Gasteiger partial charge in [-0.1, -0.05) is 24.2 Å². The first-order valence-electron chi connectivity index (χ1n) is 7.22. The Bertz CT molecular complexity index is 680. The zero-order valence-electron chi connectivity index (χ0n) is 12.7. The number of nitrogens with one attached hydrogen (secondary N) is 3. The van der Waals surface area contributed by atoms with Gasteiger partial charge in [-0.3, -0.25) is 14.8 Å². The minimum atomic E-state index is -3.39. The van der Waals surface area contributed by atoms with Gasteiger partial charge in [0, 0.05) is 6.54 Å². The van der Waals surface area contributed by atoms with Gasteiger partial charge in [-0.05, 0) is 25.3 Å². The summed E-state index contributed by atoms with van der Waals surface area (Å²) in [5, 5.41) is 14.2. The number of anilines is 2. The van der Waals surface area contributed by atoms with Crippen LogP contribution in [0, 0.1) is 11.3 Å². The molecule has 2 fully saturated rings. The van der Waals surface area contributed by atoms with E-state index in [0.717, 1.165) is 43.4 Å². The van der Waals surface area contributed by atoms with Crippen LogP contribution in [-0.4, -0.2) is 43.9 Å². The summed E-state index contributed by atoms with van der Waals surface area (Å²) in [7, 11) is -3.39. The summed E-state index contributed by atoms with van der Waals surface area (Å²) in [5.41, 5.74) is -0.367. The van der Waals surface area contributed by atoms with E-state index in [-0.39, 0.29) is 28.9 Å². The van der Waals surface area contributed by atoms with Crippen LogP contribution in [0.1, 0.15) is 25.7 Å². The quantitative estimate of drug-likeness (QED) is 0.718. The molecule has 3 rings (SSSR count). The molecule has 1 saturated carbocycles. The molecule has 8 nitrogen and oxygen atoms in total. The van der Waals surface area contributed by atoms with E-state index in [0.29, 0.717) is 17.6 Å². The van der Waals surface area contributed by atoms with Crippen LogP contribution in [0.4, 0.5) is 10.3 Å². The molecule has 0 bridgehead atoms. The Morgan fingerprint density at radius 3 is 2.83 bits per heavy atom. The predicted octanol–water partition coefficient (Wildman–Crippen LogP) is 1.05. The van der Waals surface area contributed by atoms with Gasteiger partial charge in [-0.2, -0.15) is 0 Å². The molecule has 0 unspecified atom stereocenters. The first-order valence-corrected chi connectivity index (χ1v) is 9.93.